The fourth-order valence-electron chi connectivity index (χ4n) is 2.10. The number of thiophene rings is 1. The summed E-state index contributed by atoms with van der Waals surface area (Å²) in [5.41, 5.74) is 0.850. The summed E-state index contributed by atoms with van der Waals surface area (Å²) in [4.78, 5) is 15.1. The molecule has 1 N–H and O–H groups in total. The summed E-state index contributed by atoms with van der Waals surface area (Å²) in [7, 11) is 2.10. The van der Waals surface area contributed by atoms with E-state index in [1.807, 2.05) is 18.2 Å². The Balaban J connectivity index is 1.99. The van der Waals surface area contributed by atoms with Crippen LogP contribution in [0, 0.1) is 10.1 Å². The van der Waals surface area contributed by atoms with Gasteiger partial charge >= 0.3 is 0 Å². The van der Waals surface area contributed by atoms with Crippen molar-refractivity contribution < 1.29 is 4.92 Å². The molecule has 0 aliphatic heterocycles. The second-order valence-electron chi connectivity index (χ2n) is 5.11. The van der Waals surface area contributed by atoms with Gasteiger partial charge in [-0.15, -0.1) is 11.3 Å². The molecule has 1 heterocycles. The molecule has 118 valence electrons. The first-order valence-corrected chi connectivity index (χ1v) is 8.15. The lowest BCUT2D eigenvalue weighted by molar-refractivity contribution is -0.384. The number of nitrogens with one attached hydrogen (secondary N) is 1. The first kappa shape index (κ1) is 16.6. The highest BCUT2D eigenvalue weighted by molar-refractivity contribution is 7.15. The highest BCUT2D eigenvalue weighted by Crippen LogP contribution is 2.34. The monoisotopic (exact) mass is 319 g/mol. The zero-order chi connectivity index (χ0) is 15.9. The summed E-state index contributed by atoms with van der Waals surface area (Å²) in [6, 6.07) is 10.9. The van der Waals surface area contributed by atoms with Crippen LogP contribution in [0.5, 0.6) is 0 Å². The molecule has 0 fully saturated rings. The fourth-order valence-corrected chi connectivity index (χ4v) is 3.11. The Labute approximate surface area is 134 Å². The van der Waals surface area contributed by atoms with Gasteiger partial charge in [-0.2, -0.15) is 0 Å². The number of benzene rings is 1. The zero-order valence-corrected chi connectivity index (χ0v) is 13.7. The summed E-state index contributed by atoms with van der Waals surface area (Å²) >= 11 is 1.60. The summed E-state index contributed by atoms with van der Waals surface area (Å²) in [6.45, 7) is 5.92. The fraction of sp³-hybridized carbons (Fsp3) is 0.375. The van der Waals surface area contributed by atoms with Crippen LogP contribution < -0.4 is 5.32 Å². The van der Waals surface area contributed by atoms with Crippen LogP contribution in [0.2, 0.25) is 0 Å². The average Bonchev–Trinajstić information content (AvgIpc) is 3.00. The van der Waals surface area contributed by atoms with Crippen LogP contribution >= 0.6 is 11.3 Å². The van der Waals surface area contributed by atoms with Gasteiger partial charge in [-0.3, -0.25) is 10.1 Å². The predicted molar refractivity (Wildman–Crippen MR) is 91.3 cm³/mol. The number of hydrogen-bond acceptors (Lipinski definition) is 5. The van der Waals surface area contributed by atoms with Crippen molar-refractivity contribution in [2.45, 2.75) is 13.5 Å². The van der Waals surface area contributed by atoms with Gasteiger partial charge in [0.1, 0.15) is 0 Å². The molecular formula is C16H21N3O2S. The van der Waals surface area contributed by atoms with Crippen LogP contribution in [-0.4, -0.2) is 36.5 Å². The molecule has 0 saturated carbocycles. The SMILES string of the molecule is CCN(C)CCNCc1ccc(-c2ccccc2[N+](=O)[O-])s1. The molecule has 0 saturated heterocycles. The number of nitro benzene ring substituents is 1. The van der Waals surface area contributed by atoms with Crippen molar-refractivity contribution in [1.29, 1.82) is 0 Å². The van der Waals surface area contributed by atoms with Gasteiger partial charge in [0.25, 0.3) is 5.69 Å². The Morgan fingerprint density at radius 1 is 1.27 bits per heavy atom. The number of para-hydroxylation sites is 1. The Hall–Kier alpha value is -1.76. The quantitative estimate of drug-likeness (QED) is 0.460. The van der Waals surface area contributed by atoms with Crippen molar-refractivity contribution in [1.82, 2.24) is 10.2 Å². The highest BCUT2D eigenvalue weighted by Gasteiger charge is 2.15. The third-order valence-corrected chi connectivity index (χ3v) is 4.66. The minimum atomic E-state index is -0.326. The Kier molecular flexibility index (Phi) is 6.06. The molecular weight excluding hydrogens is 298 g/mol. The smallest absolute Gasteiger partial charge is 0.278 e. The van der Waals surface area contributed by atoms with E-state index in [1.165, 1.54) is 4.88 Å². The molecule has 0 spiro atoms. The molecule has 22 heavy (non-hydrogen) atoms. The van der Waals surface area contributed by atoms with E-state index in [0.29, 0.717) is 5.56 Å². The van der Waals surface area contributed by atoms with Gasteiger partial charge in [-0.25, -0.2) is 0 Å². The normalized spacial score (nSPS) is 11.0. The lowest BCUT2D eigenvalue weighted by atomic mass is 10.1. The Morgan fingerprint density at radius 2 is 2.05 bits per heavy atom. The molecule has 1 aromatic carbocycles. The third-order valence-electron chi connectivity index (χ3n) is 3.54. The van der Waals surface area contributed by atoms with E-state index in [4.69, 9.17) is 0 Å². The van der Waals surface area contributed by atoms with Crippen LogP contribution in [-0.2, 0) is 6.54 Å². The molecule has 0 bridgehead atoms. The van der Waals surface area contributed by atoms with E-state index in [-0.39, 0.29) is 10.6 Å². The van der Waals surface area contributed by atoms with E-state index in [1.54, 1.807) is 29.5 Å². The van der Waals surface area contributed by atoms with Crippen molar-refractivity contribution >= 4 is 17.0 Å². The molecule has 0 unspecified atom stereocenters. The lowest BCUT2D eigenvalue weighted by Gasteiger charge is -2.13. The minimum absolute atomic E-state index is 0.161. The maximum Gasteiger partial charge on any atom is 0.278 e. The van der Waals surface area contributed by atoms with E-state index in [2.05, 4.69) is 24.2 Å². The maximum atomic E-state index is 11.1. The van der Waals surface area contributed by atoms with Gasteiger partial charge in [0.2, 0.25) is 0 Å². The Morgan fingerprint density at radius 3 is 2.77 bits per heavy atom. The van der Waals surface area contributed by atoms with Crippen molar-refractivity contribution in [3.63, 3.8) is 0 Å². The van der Waals surface area contributed by atoms with Gasteiger partial charge < -0.3 is 10.2 Å². The van der Waals surface area contributed by atoms with Crippen molar-refractivity contribution in [2.24, 2.45) is 0 Å². The summed E-state index contributed by atoms with van der Waals surface area (Å²) in [5, 5.41) is 14.5. The molecule has 6 heteroatoms. The minimum Gasteiger partial charge on any atom is -0.311 e. The molecule has 0 atom stereocenters. The van der Waals surface area contributed by atoms with E-state index in [9.17, 15) is 10.1 Å². The molecule has 5 nitrogen and oxygen atoms in total. The number of nitrogens with zero attached hydrogens (tertiary/aromatic N) is 2. The maximum absolute atomic E-state index is 11.1. The van der Waals surface area contributed by atoms with Gasteiger partial charge in [-0.1, -0.05) is 19.1 Å². The predicted octanol–water partition coefficient (Wildman–Crippen LogP) is 3.36. The third kappa shape index (κ3) is 4.37. The first-order chi connectivity index (χ1) is 10.6. The van der Waals surface area contributed by atoms with Crippen molar-refractivity contribution in [2.75, 3.05) is 26.7 Å². The average molecular weight is 319 g/mol. The van der Waals surface area contributed by atoms with Crippen LogP contribution in [0.1, 0.15) is 11.8 Å². The zero-order valence-electron chi connectivity index (χ0n) is 12.9. The largest absolute Gasteiger partial charge is 0.311 e. The van der Waals surface area contributed by atoms with E-state index < -0.39 is 0 Å². The van der Waals surface area contributed by atoms with Crippen molar-refractivity contribution in [3.05, 3.63) is 51.4 Å². The molecule has 0 radical (unpaired) electrons. The number of hydrogen-bond donors (Lipinski definition) is 1. The Bertz CT molecular complexity index is 627. The van der Waals surface area contributed by atoms with Gasteiger partial charge in [-0.05, 0) is 31.8 Å². The summed E-state index contributed by atoms with van der Waals surface area (Å²) in [5.74, 6) is 0. The summed E-state index contributed by atoms with van der Waals surface area (Å²) < 4.78 is 0. The molecule has 0 aliphatic rings. The molecule has 2 rings (SSSR count). The topological polar surface area (TPSA) is 58.4 Å². The molecule has 1 aromatic heterocycles. The molecule has 0 aliphatic carbocycles. The second kappa shape index (κ2) is 8.03. The second-order valence-corrected chi connectivity index (χ2v) is 6.28. The lowest BCUT2D eigenvalue weighted by Crippen LogP contribution is -2.28. The van der Waals surface area contributed by atoms with Crippen molar-refractivity contribution in [3.8, 4) is 10.4 Å². The molecule has 2 aromatic rings. The number of rotatable bonds is 8. The van der Waals surface area contributed by atoms with Gasteiger partial charge in [0.05, 0.1) is 10.5 Å². The summed E-state index contributed by atoms with van der Waals surface area (Å²) in [6.07, 6.45) is 0. The standard InChI is InChI=1S/C16H21N3O2S/c1-3-18(2)11-10-17-12-13-8-9-16(22-13)14-6-4-5-7-15(14)19(20)21/h4-9,17H,3,10-12H2,1-2H3. The van der Waals surface area contributed by atoms with Crippen LogP contribution in [0.25, 0.3) is 10.4 Å². The van der Waals surface area contributed by atoms with Gasteiger partial charge in [0.15, 0.2) is 0 Å². The highest BCUT2D eigenvalue weighted by atomic mass is 32.1. The van der Waals surface area contributed by atoms with Gasteiger partial charge in [0, 0.05) is 35.5 Å². The van der Waals surface area contributed by atoms with Crippen LogP contribution in [0.15, 0.2) is 36.4 Å². The first-order valence-electron chi connectivity index (χ1n) is 7.33. The van der Waals surface area contributed by atoms with E-state index in [0.717, 1.165) is 31.1 Å². The molecule has 0 amide bonds. The number of nitro groups is 1. The van der Waals surface area contributed by atoms with Crippen LogP contribution in [0.4, 0.5) is 5.69 Å². The number of likely N-dealkylation sites (N-methyl/N-ethyl adjacent to an activating group) is 1. The van der Waals surface area contributed by atoms with E-state index >= 15 is 0 Å². The van der Waals surface area contributed by atoms with Crippen LogP contribution in [0.3, 0.4) is 0 Å².